The largest absolute Gasteiger partial charge is 0.340 e. The van der Waals surface area contributed by atoms with Crippen LogP contribution in [0.2, 0.25) is 0 Å². The summed E-state index contributed by atoms with van der Waals surface area (Å²) in [5.74, 6) is 0.582. The van der Waals surface area contributed by atoms with Crippen LogP contribution in [0.15, 0.2) is 6.33 Å². The molecule has 0 unspecified atom stereocenters. The SMILES string of the molecule is CCCn1ncnc1CN1CC(=O)NC(CC)(CC)C1=O. The minimum atomic E-state index is -0.773. The van der Waals surface area contributed by atoms with Gasteiger partial charge in [-0.15, -0.1) is 0 Å². The van der Waals surface area contributed by atoms with E-state index in [1.807, 2.05) is 13.8 Å². The first-order valence-electron chi connectivity index (χ1n) is 7.53. The third kappa shape index (κ3) is 2.91. The van der Waals surface area contributed by atoms with Gasteiger partial charge in [-0.2, -0.15) is 5.10 Å². The maximum Gasteiger partial charge on any atom is 0.249 e. The summed E-state index contributed by atoms with van der Waals surface area (Å²) in [5, 5.41) is 7.01. The van der Waals surface area contributed by atoms with Crippen molar-refractivity contribution in [3.63, 3.8) is 0 Å². The molecule has 0 aliphatic carbocycles. The number of carbonyl (C=O) groups excluding carboxylic acids is 2. The Kier molecular flexibility index (Phi) is 4.59. The van der Waals surface area contributed by atoms with E-state index in [0.717, 1.165) is 18.8 Å². The van der Waals surface area contributed by atoms with Crippen molar-refractivity contribution in [2.45, 2.75) is 58.7 Å². The van der Waals surface area contributed by atoms with Gasteiger partial charge in [-0.05, 0) is 19.3 Å². The number of nitrogens with one attached hydrogen (secondary N) is 1. The molecule has 21 heavy (non-hydrogen) atoms. The number of piperazine rings is 1. The molecule has 0 spiro atoms. The van der Waals surface area contributed by atoms with Gasteiger partial charge in [-0.1, -0.05) is 20.8 Å². The maximum atomic E-state index is 12.7. The topological polar surface area (TPSA) is 80.1 Å². The van der Waals surface area contributed by atoms with Crippen molar-refractivity contribution in [1.82, 2.24) is 25.0 Å². The molecule has 0 bridgehead atoms. The van der Waals surface area contributed by atoms with Gasteiger partial charge in [0.15, 0.2) is 0 Å². The lowest BCUT2D eigenvalue weighted by Crippen LogP contribution is -2.66. The minimum Gasteiger partial charge on any atom is -0.340 e. The summed E-state index contributed by atoms with van der Waals surface area (Å²) in [4.78, 5) is 30.4. The van der Waals surface area contributed by atoms with Crippen molar-refractivity contribution in [1.29, 1.82) is 0 Å². The molecular weight excluding hydrogens is 270 g/mol. The smallest absolute Gasteiger partial charge is 0.249 e. The molecule has 1 N–H and O–H groups in total. The quantitative estimate of drug-likeness (QED) is 0.837. The van der Waals surface area contributed by atoms with E-state index in [1.54, 1.807) is 9.58 Å². The normalized spacial score (nSPS) is 18.0. The predicted octanol–water partition coefficient (Wildman–Crippen LogP) is 0.705. The van der Waals surface area contributed by atoms with Crippen molar-refractivity contribution in [3.05, 3.63) is 12.2 Å². The molecule has 2 rings (SSSR count). The van der Waals surface area contributed by atoms with Crippen LogP contribution in [-0.4, -0.2) is 43.6 Å². The summed E-state index contributed by atoms with van der Waals surface area (Å²) >= 11 is 0. The number of hydrogen-bond acceptors (Lipinski definition) is 4. The summed E-state index contributed by atoms with van der Waals surface area (Å²) in [6, 6.07) is 0. The van der Waals surface area contributed by atoms with Crippen LogP contribution in [0.4, 0.5) is 0 Å². The van der Waals surface area contributed by atoms with Crippen LogP contribution in [0.1, 0.15) is 45.9 Å². The fraction of sp³-hybridized carbons (Fsp3) is 0.714. The van der Waals surface area contributed by atoms with E-state index < -0.39 is 5.54 Å². The minimum absolute atomic E-state index is 0.0295. The lowest BCUT2D eigenvalue weighted by atomic mass is 9.89. The zero-order valence-electron chi connectivity index (χ0n) is 12.9. The Morgan fingerprint density at radius 1 is 1.29 bits per heavy atom. The van der Waals surface area contributed by atoms with Gasteiger partial charge in [0.05, 0.1) is 6.54 Å². The molecule has 0 saturated carbocycles. The average molecular weight is 293 g/mol. The second-order valence-electron chi connectivity index (χ2n) is 5.40. The molecule has 1 aliphatic rings. The molecule has 1 saturated heterocycles. The molecule has 1 aromatic heterocycles. The Morgan fingerprint density at radius 3 is 2.62 bits per heavy atom. The highest BCUT2D eigenvalue weighted by Crippen LogP contribution is 2.23. The Hall–Kier alpha value is -1.92. The number of aryl methyl sites for hydroxylation is 1. The Bertz CT molecular complexity index is 521. The lowest BCUT2D eigenvalue weighted by Gasteiger charge is -2.40. The molecule has 1 aromatic rings. The number of aromatic nitrogens is 3. The van der Waals surface area contributed by atoms with Gasteiger partial charge in [-0.3, -0.25) is 9.59 Å². The summed E-state index contributed by atoms with van der Waals surface area (Å²) < 4.78 is 1.79. The highest BCUT2D eigenvalue weighted by atomic mass is 16.2. The van der Waals surface area contributed by atoms with E-state index in [9.17, 15) is 9.59 Å². The standard InChI is InChI=1S/C14H23N5O2/c1-4-7-19-11(15-10-16-19)8-18-9-12(20)17-14(5-2,6-3)13(18)21/h10H,4-9H2,1-3H3,(H,17,20). The van der Waals surface area contributed by atoms with Gasteiger partial charge in [0.25, 0.3) is 0 Å². The first kappa shape index (κ1) is 15.5. The van der Waals surface area contributed by atoms with Gasteiger partial charge in [0.1, 0.15) is 24.2 Å². The van der Waals surface area contributed by atoms with E-state index in [1.165, 1.54) is 6.33 Å². The van der Waals surface area contributed by atoms with Crippen LogP contribution >= 0.6 is 0 Å². The summed E-state index contributed by atoms with van der Waals surface area (Å²) in [6.45, 7) is 7.07. The van der Waals surface area contributed by atoms with E-state index in [2.05, 4.69) is 22.3 Å². The van der Waals surface area contributed by atoms with Gasteiger partial charge >= 0.3 is 0 Å². The number of rotatable bonds is 6. The molecule has 0 aromatic carbocycles. The Balaban J connectivity index is 2.20. The molecule has 0 radical (unpaired) electrons. The van der Waals surface area contributed by atoms with E-state index in [0.29, 0.717) is 19.4 Å². The fourth-order valence-electron chi connectivity index (χ4n) is 2.74. The number of nitrogens with zero attached hydrogens (tertiary/aromatic N) is 4. The highest BCUT2D eigenvalue weighted by Gasteiger charge is 2.44. The summed E-state index contributed by atoms with van der Waals surface area (Å²) in [6.07, 6.45) is 3.61. The fourth-order valence-corrected chi connectivity index (χ4v) is 2.74. The van der Waals surface area contributed by atoms with Crippen molar-refractivity contribution < 1.29 is 9.59 Å². The molecular formula is C14H23N5O2. The number of amides is 2. The first-order chi connectivity index (χ1) is 10.1. The van der Waals surface area contributed by atoms with Crippen LogP contribution in [0.5, 0.6) is 0 Å². The first-order valence-corrected chi connectivity index (χ1v) is 7.53. The highest BCUT2D eigenvalue weighted by molar-refractivity contribution is 5.97. The lowest BCUT2D eigenvalue weighted by molar-refractivity contribution is -0.151. The summed E-state index contributed by atoms with van der Waals surface area (Å²) in [7, 11) is 0. The van der Waals surface area contributed by atoms with E-state index >= 15 is 0 Å². The molecule has 1 aliphatic heterocycles. The maximum absolute atomic E-state index is 12.7. The van der Waals surface area contributed by atoms with Crippen molar-refractivity contribution in [3.8, 4) is 0 Å². The van der Waals surface area contributed by atoms with Crippen molar-refractivity contribution >= 4 is 11.8 Å². The van der Waals surface area contributed by atoms with E-state index in [4.69, 9.17) is 0 Å². The van der Waals surface area contributed by atoms with Crippen LogP contribution in [-0.2, 0) is 22.7 Å². The Morgan fingerprint density at radius 2 is 2.00 bits per heavy atom. The number of hydrogen-bond donors (Lipinski definition) is 1. The van der Waals surface area contributed by atoms with Crippen LogP contribution in [0, 0.1) is 0 Å². The van der Waals surface area contributed by atoms with Gasteiger partial charge in [-0.25, -0.2) is 9.67 Å². The Labute approximate surface area is 124 Å². The van der Waals surface area contributed by atoms with Gasteiger partial charge < -0.3 is 10.2 Å². The zero-order chi connectivity index (χ0) is 15.5. The van der Waals surface area contributed by atoms with Crippen molar-refractivity contribution in [2.24, 2.45) is 0 Å². The molecule has 1 fully saturated rings. The third-order valence-electron chi connectivity index (χ3n) is 4.08. The third-order valence-corrected chi connectivity index (χ3v) is 4.08. The van der Waals surface area contributed by atoms with Crippen LogP contribution in [0.3, 0.4) is 0 Å². The van der Waals surface area contributed by atoms with Gasteiger partial charge in [0, 0.05) is 6.54 Å². The molecule has 0 atom stereocenters. The van der Waals surface area contributed by atoms with Gasteiger partial charge in [0.2, 0.25) is 11.8 Å². The monoisotopic (exact) mass is 293 g/mol. The molecule has 2 heterocycles. The molecule has 7 heteroatoms. The summed E-state index contributed by atoms with van der Waals surface area (Å²) in [5.41, 5.74) is -0.773. The van der Waals surface area contributed by atoms with Crippen molar-refractivity contribution in [2.75, 3.05) is 6.54 Å². The molecule has 116 valence electrons. The molecule has 2 amide bonds. The molecule has 7 nitrogen and oxygen atoms in total. The van der Waals surface area contributed by atoms with Crippen LogP contribution < -0.4 is 5.32 Å². The second-order valence-corrected chi connectivity index (χ2v) is 5.40. The average Bonchev–Trinajstić information content (AvgIpc) is 2.90. The number of carbonyl (C=O) groups is 2. The predicted molar refractivity (Wildman–Crippen MR) is 77.2 cm³/mol. The second kappa shape index (κ2) is 6.24. The van der Waals surface area contributed by atoms with E-state index in [-0.39, 0.29) is 18.4 Å². The van der Waals surface area contributed by atoms with Crippen LogP contribution in [0.25, 0.3) is 0 Å². The zero-order valence-corrected chi connectivity index (χ0v) is 12.9.